The third-order valence-corrected chi connectivity index (χ3v) is 14.9. The number of carbonyl (C=O) groups is 12. The summed E-state index contributed by atoms with van der Waals surface area (Å²) in [5.41, 5.74) is -16.1. The lowest BCUT2D eigenvalue weighted by Crippen LogP contribution is -2.51. The minimum absolute atomic E-state index is 0.222. The highest BCUT2D eigenvalue weighted by Gasteiger charge is 2.47. The lowest BCUT2D eigenvalue weighted by atomic mass is 9.81. The van der Waals surface area contributed by atoms with Crippen LogP contribution in [0.5, 0.6) is 0 Å². The summed E-state index contributed by atoms with van der Waals surface area (Å²) in [7, 11) is 0. The summed E-state index contributed by atoms with van der Waals surface area (Å²) in [6, 6.07) is 0. The molecule has 27 heteroatoms. The summed E-state index contributed by atoms with van der Waals surface area (Å²) in [5, 5.41) is 20.1. The molecule has 0 heterocycles. The molecule has 2 N–H and O–H groups in total. The van der Waals surface area contributed by atoms with Crippen LogP contribution in [-0.2, 0) is 105 Å². The average molecular weight is 1470 g/mol. The molecule has 594 valence electrons. The molecule has 0 aliphatic rings. The number of nitrogens with zero attached hydrogens (tertiary/aromatic N) is 1. The van der Waals surface area contributed by atoms with Crippen molar-refractivity contribution in [2.75, 3.05) is 0 Å². The van der Waals surface area contributed by atoms with Gasteiger partial charge in [0, 0.05) is 106 Å². The van der Waals surface area contributed by atoms with E-state index in [1.54, 1.807) is 187 Å². The predicted molar refractivity (Wildman–Crippen MR) is 384 cm³/mol. The lowest BCUT2D eigenvalue weighted by Gasteiger charge is -2.37. The Kier molecular flexibility index (Phi) is 36.7. The minimum atomic E-state index is -2.43. The smallest absolute Gasteiger partial charge is 0.306 e. The van der Waals surface area contributed by atoms with Crippen molar-refractivity contribution in [2.24, 2.45) is 0 Å². The van der Waals surface area contributed by atoms with Gasteiger partial charge in [0.25, 0.3) is 0 Å². The molecule has 103 heavy (non-hydrogen) atoms. The van der Waals surface area contributed by atoms with E-state index in [1.807, 2.05) is 0 Å². The molecule has 0 aliphatic heterocycles. The van der Waals surface area contributed by atoms with E-state index < -0.39 is 207 Å². The fourth-order valence-corrected chi connectivity index (χ4v) is 10.9. The van der Waals surface area contributed by atoms with E-state index in [-0.39, 0.29) is 96.3 Å². The Morgan fingerprint density at radius 1 is 0.233 bits per heavy atom. The quantitative estimate of drug-likeness (QED) is 0.0249. The van der Waals surface area contributed by atoms with E-state index in [2.05, 4.69) is 10.6 Å². The number of hydrogen-bond acceptors (Lipinski definition) is 24. The zero-order valence-corrected chi connectivity index (χ0v) is 67.7. The Bertz CT molecular complexity index is 2340. The number of carbonyl (C=O) groups excluding carboxylic acids is 12. The molecule has 0 aromatic heterocycles. The third-order valence-electron chi connectivity index (χ3n) is 14.9. The SMILES string of the molecule is CC(C)(C)OC(=O)CCC(CCC(=O)OC(C)(C)C)(CCC(=O)OC(C)(C)C)NC(=O)CCC(CCC(=O)NC(CCC(=O)OC(C)(C)C)(CCC(=O)OC(C)(C)C)CCC(=O)OC(C)(C)C)(CCC(=O)OC(CCC(=O)OC(C)(C)C)(CCC(=O)OC(C)(C)C)CCC(=O)OC(C)(C)C)[N+](=O)[O-]. The summed E-state index contributed by atoms with van der Waals surface area (Å²) in [5.74, 6) is -9.19. The number of nitro groups is 1. The summed E-state index contributed by atoms with van der Waals surface area (Å²) < 4.78 is 57.0. The van der Waals surface area contributed by atoms with Gasteiger partial charge in [0.2, 0.25) is 17.4 Å². The van der Waals surface area contributed by atoms with E-state index >= 15 is 9.59 Å². The molecule has 0 aromatic carbocycles. The van der Waals surface area contributed by atoms with Crippen molar-refractivity contribution < 1.29 is 110 Å². The van der Waals surface area contributed by atoms with Crippen molar-refractivity contribution in [3.05, 3.63) is 10.1 Å². The molecular weight excluding hydrogens is 1340 g/mol. The average Bonchev–Trinajstić information content (AvgIpc) is 0.826. The number of amides is 2. The molecule has 0 aromatic rings. The molecule has 0 fully saturated rings. The molecule has 27 nitrogen and oxygen atoms in total. The Morgan fingerprint density at radius 3 is 0.544 bits per heavy atom. The molecule has 0 spiro atoms. The largest absolute Gasteiger partial charge is 0.460 e. The first-order valence-electron chi connectivity index (χ1n) is 36.1. The maximum absolute atomic E-state index is 15.0. The van der Waals surface area contributed by atoms with Gasteiger partial charge < -0.3 is 58.0 Å². The van der Waals surface area contributed by atoms with Gasteiger partial charge in [-0.3, -0.25) is 67.6 Å². The topological polar surface area (TPSA) is 364 Å². The molecule has 2 amide bonds. The van der Waals surface area contributed by atoms with Crippen LogP contribution < -0.4 is 10.6 Å². The van der Waals surface area contributed by atoms with Crippen LogP contribution >= 0.6 is 0 Å². The summed E-state index contributed by atoms with van der Waals surface area (Å²) in [6.45, 7) is 44.5. The maximum Gasteiger partial charge on any atom is 0.306 e. The van der Waals surface area contributed by atoms with Gasteiger partial charge in [-0.1, -0.05) is 0 Å². The normalized spacial score (nSPS) is 13.1. The number of rotatable bonds is 40. The second kappa shape index (κ2) is 39.4. The molecule has 0 rings (SSSR count). The van der Waals surface area contributed by atoms with Gasteiger partial charge in [0.1, 0.15) is 56.0 Å². The van der Waals surface area contributed by atoms with Crippen LogP contribution in [0.2, 0.25) is 0 Å². The van der Waals surface area contributed by atoms with Gasteiger partial charge in [0.15, 0.2) is 0 Å². The molecule has 0 saturated heterocycles. The Balaban J connectivity index is 8.74. The van der Waals surface area contributed by atoms with Crippen LogP contribution in [0, 0.1) is 10.1 Å². The molecule has 0 aliphatic carbocycles. The van der Waals surface area contributed by atoms with Crippen molar-refractivity contribution in [3.8, 4) is 0 Å². The number of ether oxygens (including phenoxy) is 10. The fourth-order valence-electron chi connectivity index (χ4n) is 10.9. The van der Waals surface area contributed by atoms with Gasteiger partial charge in [-0.2, -0.15) is 0 Å². The Labute approximate surface area is 613 Å². The van der Waals surface area contributed by atoms with Crippen LogP contribution in [0.1, 0.15) is 341 Å². The number of esters is 10. The van der Waals surface area contributed by atoms with E-state index in [9.17, 15) is 58.1 Å². The predicted octanol–water partition coefficient (Wildman–Crippen LogP) is 13.4. The van der Waals surface area contributed by atoms with E-state index in [4.69, 9.17) is 47.4 Å². The first-order chi connectivity index (χ1) is 46.2. The molecule has 0 saturated carbocycles. The van der Waals surface area contributed by atoms with E-state index in [0.29, 0.717) is 0 Å². The summed E-state index contributed by atoms with van der Waals surface area (Å²) in [6.07, 6.45) is -10.1. The first kappa shape index (κ1) is 96.0. The van der Waals surface area contributed by atoms with Gasteiger partial charge in [-0.25, -0.2) is 0 Å². The minimum Gasteiger partial charge on any atom is -0.460 e. The standard InChI is InChI=1S/C76H131N3O24/c1-64(2,3)94-54(82)30-40-73(41-31-55(83)95-65(4,5)6,42-32-56(84)96-66(7,8)9)77-52(80)28-46-75(79(92)93,47-29-53(81)78-74(43-33-57(85)97-67(10,11)12,44-34-58(86)98-68(13,14)15)45-35-59(87)99-69(16,17)18)48-36-63(91)103-76(49-37-60(88)100-70(19,20)21,50-38-61(89)101-71(22,23)24)51-39-62(90)102-72(25,26)27/h28-51H2,1-27H3,(H,77,80)(H,78,81). The van der Waals surface area contributed by atoms with Crippen LogP contribution in [-0.4, -0.2) is 149 Å². The third kappa shape index (κ3) is 47.9. The van der Waals surface area contributed by atoms with Crippen molar-refractivity contribution >= 4 is 71.5 Å². The van der Waals surface area contributed by atoms with Crippen LogP contribution in [0.25, 0.3) is 0 Å². The number of hydrogen-bond donors (Lipinski definition) is 2. The molecule has 0 bridgehead atoms. The molecule has 0 radical (unpaired) electrons. The van der Waals surface area contributed by atoms with Crippen LogP contribution in [0.15, 0.2) is 0 Å². The zero-order valence-electron chi connectivity index (χ0n) is 67.7. The summed E-state index contributed by atoms with van der Waals surface area (Å²) in [4.78, 5) is 180. The highest BCUT2D eigenvalue weighted by Crippen LogP contribution is 2.37. The number of nitrogens with one attached hydrogen (secondary N) is 2. The van der Waals surface area contributed by atoms with Gasteiger partial charge in [-0.05, 0) is 245 Å². The van der Waals surface area contributed by atoms with E-state index in [1.165, 1.54) is 0 Å². The van der Waals surface area contributed by atoms with Crippen LogP contribution in [0.4, 0.5) is 0 Å². The van der Waals surface area contributed by atoms with Gasteiger partial charge >= 0.3 is 59.7 Å². The van der Waals surface area contributed by atoms with Crippen molar-refractivity contribution in [1.82, 2.24) is 10.6 Å². The van der Waals surface area contributed by atoms with E-state index in [0.717, 1.165) is 0 Å². The first-order valence-corrected chi connectivity index (χ1v) is 36.1. The van der Waals surface area contributed by atoms with Crippen LogP contribution in [0.3, 0.4) is 0 Å². The second-order valence-electron chi connectivity index (χ2n) is 36.1. The highest BCUT2D eigenvalue weighted by molar-refractivity contribution is 5.80. The molecule has 0 atom stereocenters. The molecular formula is C76H131N3O24. The van der Waals surface area contributed by atoms with Crippen molar-refractivity contribution in [3.63, 3.8) is 0 Å². The summed E-state index contributed by atoms with van der Waals surface area (Å²) >= 11 is 0. The zero-order chi connectivity index (χ0) is 80.5. The van der Waals surface area contributed by atoms with Gasteiger partial charge in [-0.15, -0.1) is 0 Å². The Hall–Kier alpha value is -6.96. The lowest BCUT2D eigenvalue weighted by molar-refractivity contribution is -0.573. The second-order valence-corrected chi connectivity index (χ2v) is 36.1. The molecule has 0 unspecified atom stereocenters. The van der Waals surface area contributed by atoms with Crippen molar-refractivity contribution in [2.45, 2.75) is 414 Å². The maximum atomic E-state index is 15.0. The Morgan fingerprint density at radius 2 is 0.379 bits per heavy atom. The fraction of sp³-hybridized carbons (Fsp3) is 0.842. The van der Waals surface area contributed by atoms with Gasteiger partial charge in [0.05, 0.1) is 6.42 Å². The highest BCUT2D eigenvalue weighted by atomic mass is 16.6. The monoisotopic (exact) mass is 1470 g/mol. The van der Waals surface area contributed by atoms with Crippen molar-refractivity contribution in [1.29, 1.82) is 0 Å².